The van der Waals surface area contributed by atoms with E-state index in [1.807, 2.05) is 12.1 Å². The van der Waals surface area contributed by atoms with Crippen LogP contribution in [0.1, 0.15) is 34.1 Å². The number of benzene rings is 2. The molecule has 0 unspecified atom stereocenters. The maximum Gasteiger partial charge on any atom is 0.261 e. The third-order valence-electron chi connectivity index (χ3n) is 5.37. The van der Waals surface area contributed by atoms with Gasteiger partial charge in [-0.2, -0.15) is 0 Å². The Morgan fingerprint density at radius 3 is 1.75 bits per heavy atom. The highest BCUT2D eigenvalue weighted by Gasteiger charge is 2.55. The molecule has 0 amide bonds. The number of hydrogen-bond acceptors (Lipinski definition) is 2. The lowest BCUT2D eigenvalue weighted by Gasteiger charge is -2.43. The van der Waals surface area contributed by atoms with Crippen LogP contribution in [0.25, 0.3) is 0 Å². The first-order valence-corrected chi connectivity index (χ1v) is 10.7. The summed E-state index contributed by atoms with van der Waals surface area (Å²) in [7, 11) is -2.51. The monoisotopic (exact) mass is 340 g/mol. The van der Waals surface area contributed by atoms with Crippen molar-refractivity contribution in [2.24, 2.45) is 5.92 Å². The molecule has 1 aliphatic carbocycles. The van der Waals surface area contributed by atoms with Gasteiger partial charge in [-0.05, 0) is 27.8 Å². The van der Waals surface area contributed by atoms with E-state index in [-0.39, 0.29) is 5.04 Å². The highest BCUT2D eigenvalue weighted by atomic mass is 28.4. The topological polar surface area (TPSA) is 29.5 Å². The number of hydrogen-bond donors (Lipinski definition) is 1. The molecule has 0 bridgehead atoms. The molecule has 0 aromatic heterocycles. The molecule has 0 radical (unpaired) electrons. The Kier molecular flexibility index (Phi) is 4.45. The van der Waals surface area contributed by atoms with Gasteiger partial charge in [0.2, 0.25) is 0 Å². The van der Waals surface area contributed by atoms with Gasteiger partial charge in [-0.1, -0.05) is 88.4 Å². The summed E-state index contributed by atoms with van der Waals surface area (Å²) < 4.78 is 6.75. The molecule has 1 N–H and O–H groups in total. The second kappa shape index (κ2) is 6.14. The summed E-state index contributed by atoms with van der Waals surface area (Å²) in [4.78, 5) is 0. The van der Waals surface area contributed by atoms with Crippen LogP contribution in [0, 0.1) is 5.92 Å². The maximum atomic E-state index is 10.6. The lowest BCUT2D eigenvalue weighted by atomic mass is 10.2. The number of rotatable bonds is 5. The van der Waals surface area contributed by atoms with Crippen molar-refractivity contribution in [3.63, 3.8) is 0 Å². The van der Waals surface area contributed by atoms with Crippen molar-refractivity contribution < 1.29 is 9.53 Å². The van der Waals surface area contributed by atoms with Gasteiger partial charge in [-0.25, -0.2) is 0 Å². The van der Waals surface area contributed by atoms with Crippen molar-refractivity contribution in [3.05, 3.63) is 60.7 Å². The smallest absolute Gasteiger partial charge is 0.261 e. The summed E-state index contributed by atoms with van der Waals surface area (Å²) in [5, 5.41) is 13.1. The fourth-order valence-corrected chi connectivity index (χ4v) is 8.29. The average Bonchev–Trinajstić information content (AvgIpc) is 3.16. The van der Waals surface area contributed by atoms with Gasteiger partial charge in [0.1, 0.15) is 0 Å². The minimum atomic E-state index is -2.51. The van der Waals surface area contributed by atoms with Crippen molar-refractivity contribution in [2.75, 3.05) is 6.61 Å². The van der Waals surface area contributed by atoms with Gasteiger partial charge in [0, 0.05) is 0 Å². The SMILES string of the molecule is C[C@@H]1C[C@]1(O)CO[Si](c1ccccc1)(c1ccccc1)C(C)(C)C. The maximum absolute atomic E-state index is 10.6. The summed E-state index contributed by atoms with van der Waals surface area (Å²) in [5.74, 6) is 0.329. The molecular formula is C21H28O2Si. The van der Waals surface area contributed by atoms with Crippen LogP contribution in [0.3, 0.4) is 0 Å². The Morgan fingerprint density at radius 2 is 1.42 bits per heavy atom. The van der Waals surface area contributed by atoms with Crippen LogP contribution in [0.4, 0.5) is 0 Å². The largest absolute Gasteiger partial charge is 0.404 e. The normalized spacial score (nSPS) is 24.0. The van der Waals surface area contributed by atoms with Crippen molar-refractivity contribution in [1.82, 2.24) is 0 Å². The molecule has 2 atom stereocenters. The molecule has 0 saturated heterocycles. The zero-order valence-electron chi connectivity index (χ0n) is 15.1. The van der Waals surface area contributed by atoms with Gasteiger partial charge in [0.15, 0.2) is 0 Å². The van der Waals surface area contributed by atoms with Crippen LogP contribution in [-0.4, -0.2) is 25.6 Å². The predicted octanol–water partition coefficient (Wildman–Crippen LogP) is 3.33. The lowest BCUT2D eigenvalue weighted by Crippen LogP contribution is -2.67. The van der Waals surface area contributed by atoms with Crippen molar-refractivity contribution >= 4 is 18.7 Å². The molecule has 1 saturated carbocycles. The molecule has 2 nitrogen and oxygen atoms in total. The summed E-state index contributed by atoms with van der Waals surface area (Å²) in [6.07, 6.45) is 0.838. The van der Waals surface area contributed by atoms with Crippen molar-refractivity contribution in [3.8, 4) is 0 Å². The molecule has 24 heavy (non-hydrogen) atoms. The Morgan fingerprint density at radius 1 is 1.00 bits per heavy atom. The molecule has 2 aromatic rings. The summed E-state index contributed by atoms with van der Waals surface area (Å²) >= 11 is 0. The average molecular weight is 341 g/mol. The molecule has 128 valence electrons. The highest BCUT2D eigenvalue weighted by Crippen LogP contribution is 2.45. The lowest BCUT2D eigenvalue weighted by molar-refractivity contribution is 0.0686. The first-order chi connectivity index (χ1) is 11.3. The quantitative estimate of drug-likeness (QED) is 0.846. The zero-order valence-corrected chi connectivity index (χ0v) is 16.1. The Hall–Kier alpha value is -1.42. The summed E-state index contributed by atoms with van der Waals surface area (Å²) in [6, 6.07) is 21.2. The van der Waals surface area contributed by atoms with E-state index in [1.54, 1.807) is 0 Å². The fraction of sp³-hybridized carbons (Fsp3) is 0.429. The second-order valence-electron chi connectivity index (χ2n) is 8.16. The first kappa shape index (κ1) is 17.4. The van der Waals surface area contributed by atoms with Crippen molar-refractivity contribution in [1.29, 1.82) is 0 Å². The van der Waals surface area contributed by atoms with E-state index < -0.39 is 13.9 Å². The summed E-state index contributed by atoms with van der Waals surface area (Å²) in [6.45, 7) is 9.30. The third-order valence-corrected chi connectivity index (χ3v) is 10.4. The van der Waals surface area contributed by atoms with E-state index in [9.17, 15) is 5.11 Å². The zero-order chi connectivity index (χ0) is 17.4. The summed E-state index contributed by atoms with van der Waals surface area (Å²) in [5.41, 5.74) is -0.646. The van der Waals surface area contributed by atoms with E-state index in [4.69, 9.17) is 4.43 Å². The Bertz CT molecular complexity index is 638. The van der Waals surface area contributed by atoms with E-state index >= 15 is 0 Å². The number of aliphatic hydroxyl groups is 1. The van der Waals surface area contributed by atoms with Gasteiger partial charge < -0.3 is 9.53 Å². The molecule has 2 aromatic carbocycles. The molecule has 1 aliphatic rings. The van der Waals surface area contributed by atoms with Crippen LogP contribution in [-0.2, 0) is 4.43 Å². The predicted molar refractivity (Wildman–Crippen MR) is 102 cm³/mol. The van der Waals surface area contributed by atoms with E-state index in [0.717, 1.165) is 6.42 Å². The van der Waals surface area contributed by atoms with Gasteiger partial charge in [0.25, 0.3) is 8.32 Å². The molecule has 0 spiro atoms. The van der Waals surface area contributed by atoms with Crippen LogP contribution in [0.5, 0.6) is 0 Å². The minimum absolute atomic E-state index is 0.0375. The van der Waals surface area contributed by atoms with E-state index in [1.165, 1.54) is 10.4 Å². The third kappa shape index (κ3) is 2.96. The molecular weight excluding hydrogens is 312 g/mol. The highest BCUT2D eigenvalue weighted by molar-refractivity contribution is 6.99. The van der Waals surface area contributed by atoms with Gasteiger partial charge in [0.05, 0.1) is 12.2 Å². The Balaban J connectivity index is 2.10. The molecule has 3 rings (SSSR count). The van der Waals surface area contributed by atoms with E-state index in [0.29, 0.717) is 12.5 Å². The van der Waals surface area contributed by atoms with Gasteiger partial charge >= 0.3 is 0 Å². The second-order valence-corrected chi connectivity index (χ2v) is 12.5. The van der Waals surface area contributed by atoms with E-state index in [2.05, 4.69) is 76.2 Å². The van der Waals surface area contributed by atoms with Gasteiger partial charge in [-0.3, -0.25) is 0 Å². The first-order valence-electron chi connectivity index (χ1n) is 8.77. The molecule has 0 heterocycles. The standard InChI is InChI=1S/C21H28O2Si/c1-17-15-21(17,22)16-23-24(20(2,3)4,18-11-7-5-8-12-18)19-13-9-6-10-14-19/h5-14,17,22H,15-16H2,1-4H3/t17-,21+/m1/s1. The van der Waals surface area contributed by atoms with Crippen LogP contribution >= 0.6 is 0 Å². The Labute approximate surface area is 146 Å². The van der Waals surface area contributed by atoms with Crippen LogP contribution in [0.15, 0.2) is 60.7 Å². The molecule has 0 aliphatic heterocycles. The fourth-order valence-electron chi connectivity index (χ4n) is 3.67. The molecule has 1 fully saturated rings. The minimum Gasteiger partial charge on any atom is -0.404 e. The van der Waals surface area contributed by atoms with Crippen LogP contribution in [0.2, 0.25) is 5.04 Å². The van der Waals surface area contributed by atoms with Crippen LogP contribution < -0.4 is 10.4 Å². The van der Waals surface area contributed by atoms with Crippen molar-refractivity contribution in [2.45, 2.75) is 44.8 Å². The molecule has 3 heteroatoms. The van der Waals surface area contributed by atoms with Gasteiger partial charge in [-0.15, -0.1) is 0 Å².